The Kier molecular flexibility index (Phi) is 7.79. The number of carbonyl (C=O) groups is 1. The Morgan fingerprint density at radius 2 is 1.53 bits per heavy atom. The molecule has 7 heteroatoms. The Labute approximate surface area is 198 Å². The Morgan fingerprint density at radius 3 is 2.15 bits per heavy atom. The molecule has 3 aromatic rings. The second kappa shape index (κ2) is 10.7. The molecule has 0 bridgehead atoms. The minimum Gasteiger partial charge on any atom is -0.497 e. The van der Waals surface area contributed by atoms with Crippen LogP contribution in [-0.4, -0.2) is 30.9 Å². The van der Waals surface area contributed by atoms with Crippen molar-refractivity contribution in [1.82, 2.24) is 0 Å². The Balaban J connectivity index is 1.71. The predicted octanol–water partition coefficient (Wildman–Crippen LogP) is 5.83. The van der Waals surface area contributed by atoms with E-state index in [4.69, 9.17) is 24.1 Å². The molecule has 0 heterocycles. The lowest BCUT2D eigenvalue weighted by Gasteiger charge is -2.22. The second-order valence-corrected chi connectivity index (χ2v) is 8.02. The van der Waals surface area contributed by atoms with Gasteiger partial charge in [-0.25, -0.2) is 9.18 Å². The standard InChI is InChI=1S/C27H27FO6/c1-27(2,26(29)30)34-25-12-9-20(15-24(25)28)17-33-23-14-19(13-22(16-23)32-4)6-5-18-7-10-21(31-3)11-8-18/h5-16H,17H2,1-4H3,(H,29,30)/b6-5+. The third kappa shape index (κ3) is 6.51. The molecule has 0 aliphatic heterocycles. The summed E-state index contributed by atoms with van der Waals surface area (Å²) in [5, 5.41) is 9.16. The zero-order valence-electron chi connectivity index (χ0n) is 19.5. The molecule has 0 saturated carbocycles. The highest BCUT2D eigenvalue weighted by Crippen LogP contribution is 2.27. The van der Waals surface area contributed by atoms with Crippen LogP contribution in [0.15, 0.2) is 60.7 Å². The maximum atomic E-state index is 14.5. The first-order valence-electron chi connectivity index (χ1n) is 10.5. The molecule has 0 spiro atoms. The van der Waals surface area contributed by atoms with Crippen LogP contribution < -0.4 is 18.9 Å². The number of methoxy groups -OCH3 is 2. The van der Waals surface area contributed by atoms with E-state index >= 15 is 0 Å². The molecule has 34 heavy (non-hydrogen) atoms. The Morgan fingerprint density at radius 1 is 0.882 bits per heavy atom. The molecule has 1 N–H and O–H groups in total. The fraction of sp³-hybridized carbons (Fsp3) is 0.222. The van der Waals surface area contributed by atoms with E-state index in [0.717, 1.165) is 16.9 Å². The number of hydrogen-bond donors (Lipinski definition) is 1. The summed E-state index contributed by atoms with van der Waals surface area (Å²) in [4.78, 5) is 11.2. The first-order chi connectivity index (χ1) is 16.2. The fourth-order valence-corrected chi connectivity index (χ4v) is 3.00. The third-order valence-electron chi connectivity index (χ3n) is 5.00. The van der Waals surface area contributed by atoms with Crippen LogP contribution in [0, 0.1) is 5.82 Å². The molecular formula is C27H27FO6. The summed E-state index contributed by atoms with van der Waals surface area (Å²) in [6, 6.07) is 17.4. The van der Waals surface area contributed by atoms with Crippen LogP contribution in [0.25, 0.3) is 12.2 Å². The van der Waals surface area contributed by atoms with Crippen molar-refractivity contribution in [2.45, 2.75) is 26.1 Å². The molecule has 0 aliphatic carbocycles. The average Bonchev–Trinajstić information content (AvgIpc) is 2.83. The van der Waals surface area contributed by atoms with Gasteiger partial charge in [-0.2, -0.15) is 0 Å². The quantitative estimate of drug-likeness (QED) is 0.379. The summed E-state index contributed by atoms with van der Waals surface area (Å²) < 4.78 is 36.1. The summed E-state index contributed by atoms with van der Waals surface area (Å²) in [7, 11) is 3.20. The number of aliphatic carboxylic acids is 1. The molecule has 0 amide bonds. The van der Waals surface area contributed by atoms with Crippen molar-refractivity contribution in [3.63, 3.8) is 0 Å². The highest BCUT2D eigenvalue weighted by Gasteiger charge is 2.30. The normalized spacial score (nSPS) is 11.3. The van der Waals surface area contributed by atoms with Crippen LogP contribution in [0.4, 0.5) is 4.39 Å². The van der Waals surface area contributed by atoms with E-state index in [1.807, 2.05) is 48.6 Å². The van der Waals surface area contributed by atoms with Crippen LogP contribution in [0.5, 0.6) is 23.0 Å². The maximum Gasteiger partial charge on any atom is 0.347 e. The highest BCUT2D eigenvalue weighted by molar-refractivity contribution is 5.76. The van der Waals surface area contributed by atoms with Crippen molar-refractivity contribution in [3.05, 3.63) is 83.2 Å². The zero-order valence-corrected chi connectivity index (χ0v) is 19.5. The molecule has 3 rings (SSSR count). The van der Waals surface area contributed by atoms with Crippen LogP contribution in [0.1, 0.15) is 30.5 Å². The molecule has 3 aromatic carbocycles. The molecule has 0 unspecified atom stereocenters. The first kappa shape index (κ1) is 24.6. The Bertz CT molecular complexity index is 1170. The van der Waals surface area contributed by atoms with Gasteiger partial charge in [-0.3, -0.25) is 0 Å². The minimum absolute atomic E-state index is 0.105. The number of carboxylic acids is 1. The van der Waals surface area contributed by atoms with E-state index < -0.39 is 17.4 Å². The van der Waals surface area contributed by atoms with Crippen LogP contribution in [-0.2, 0) is 11.4 Å². The molecule has 0 atom stereocenters. The topological polar surface area (TPSA) is 74.2 Å². The SMILES string of the molecule is COc1ccc(/C=C/c2cc(OC)cc(OCc3ccc(OC(C)(C)C(=O)O)c(F)c3)c2)cc1. The molecule has 0 saturated heterocycles. The number of ether oxygens (including phenoxy) is 4. The average molecular weight is 467 g/mol. The lowest BCUT2D eigenvalue weighted by molar-refractivity contribution is -0.152. The van der Waals surface area contributed by atoms with E-state index in [-0.39, 0.29) is 12.4 Å². The smallest absolute Gasteiger partial charge is 0.347 e. The second-order valence-electron chi connectivity index (χ2n) is 8.02. The molecule has 0 fully saturated rings. The van der Waals surface area contributed by atoms with Gasteiger partial charge in [0.25, 0.3) is 0 Å². The zero-order chi connectivity index (χ0) is 24.7. The maximum absolute atomic E-state index is 14.5. The van der Waals surface area contributed by atoms with Crippen molar-refractivity contribution in [1.29, 1.82) is 0 Å². The van der Waals surface area contributed by atoms with Gasteiger partial charge in [-0.05, 0) is 66.9 Å². The van der Waals surface area contributed by atoms with Crippen LogP contribution >= 0.6 is 0 Å². The van der Waals surface area contributed by atoms with Gasteiger partial charge in [0.2, 0.25) is 0 Å². The van der Waals surface area contributed by atoms with E-state index in [0.29, 0.717) is 17.1 Å². The van der Waals surface area contributed by atoms with Gasteiger partial charge in [0.05, 0.1) is 14.2 Å². The monoisotopic (exact) mass is 466 g/mol. The van der Waals surface area contributed by atoms with Gasteiger partial charge < -0.3 is 24.1 Å². The van der Waals surface area contributed by atoms with Crippen LogP contribution in [0.3, 0.4) is 0 Å². The lowest BCUT2D eigenvalue weighted by Crippen LogP contribution is -2.38. The minimum atomic E-state index is -1.55. The van der Waals surface area contributed by atoms with Gasteiger partial charge in [0, 0.05) is 6.07 Å². The van der Waals surface area contributed by atoms with Crippen molar-refractivity contribution >= 4 is 18.1 Å². The van der Waals surface area contributed by atoms with E-state index in [1.54, 1.807) is 26.4 Å². The molecule has 6 nitrogen and oxygen atoms in total. The number of halogens is 1. The summed E-state index contributed by atoms with van der Waals surface area (Å²) in [5.74, 6) is -0.0168. The fourth-order valence-electron chi connectivity index (χ4n) is 3.00. The highest BCUT2D eigenvalue weighted by atomic mass is 19.1. The summed E-state index contributed by atoms with van der Waals surface area (Å²) in [6.45, 7) is 2.82. The first-order valence-corrected chi connectivity index (χ1v) is 10.5. The summed E-state index contributed by atoms with van der Waals surface area (Å²) >= 11 is 0. The van der Waals surface area contributed by atoms with E-state index in [9.17, 15) is 9.18 Å². The van der Waals surface area contributed by atoms with Crippen molar-refractivity contribution in [3.8, 4) is 23.0 Å². The predicted molar refractivity (Wildman–Crippen MR) is 128 cm³/mol. The molecule has 0 radical (unpaired) electrons. The van der Waals surface area contributed by atoms with Crippen molar-refractivity contribution in [2.24, 2.45) is 0 Å². The number of benzene rings is 3. The number of carboxylic acid groups (broad SMARTS) is 1. The summed E-state index contributed by atoms with van der Waals surface area (Å²) in [6.07, 6.45) is 3.90. The van der Waals surface area contributed by atoms with Gasteiger partial charge >= 0.3 is 5.97 Å². The third-order valence-corrected chi connectivity index (χ3v) is 5.00. The molecule has 0 aromatic heterocycles. The van der Waals surface area contributed by atoms with Crippen LogP contribution in [0.2, 0.25) is 0 Å². The van der Waals surface area contributed by atoms with Crippen molar-refractivity contribution in [2.75, 3.05) is 14.2 Å². The van der Waals surface area contributed by atoms with E-state index in [2.05, 4.69) is 0 Å². The Hall–Kier alpha value is -4.00. The largest absolute Gasteiger partial charge is 0.497 e. The van der Waals surface area contributed by atoms with Crippen molar-refractivity contribution < 1.29 is 33.2 Å². The van der Waals surface area contributed by atoms with Gasteiger partial charge in [-0.15, -0.1) is 0 Å². The van der Waals surface area contributed by atoms with E-state index in [1.165, 1.54) is 26.0 Å². The van der Waals surface area contributed by atoms with Gasteiger partial charge in [0.15, 0.2) is 17.2 Å². The van der Waals surface area contributed by atoms with Gasteiger partial charge in [-0.1, -0.05) is 30.4 Å². The molecular weight excluding hydrogens is 439 g/mol. The number of hydrogen-bond acceptors (Lipinski definition) is 5. The molecule has 178 valence electrons. The van der Waals surface area contributed by atoms with Gasteiger partial charge in [0.1, 0.15) is 23.9 Å². The molecule has 0 aliphatic rings. The summed E-state index contributed by atoms with van der Waals surface area (Å²) in [5.41, 5.74) is 0.900. The lowest BCUT2D eigenvalue weighted by atomic mass is 10.1. The number of rotatable bonds is 10.